The zero-order valence-electron chi connectivity index (χ0n) is 12.0. The summed E-state index contributed by atoms with van der Waals surface area (Å²) in [7, 11) is -4.54. The molecule has 134 valence electrons. The van der Waals surface area contributed by atoms with Gasteiger partial charge in [-0.05, 0) is 6.42 Å². The van der Waals surface area contributed by atoms with Crippen LogP contribution in [-0.2, 0) is 15.0 Å². The summed E-state index contributed by atoms with van der Waals surface area (Å²) in [6, 6.07) is 0. The monoisotopic (exact) mass is 372 g/mol. The van der Waals surface area contributed by atoms with Crippen molar-refractivity contribution in [3.05, 3.63) is 12.7 Å². The van der Waals surface area contributed by atoms with Crippen molar-refractivity contribution in [3.8, 4) is 0 Å². The standard InChI is InChI=1S/C11H20N2O8S2/c1-2-3-4-7(12-13-23(18,19)20)22-11-10(17)9(16)8(15)6(5-14)21-11/h2,6,8-11,13-17H,1,3-5H2,(H,18,19,20). The van der Waals surface area contributed by atoms with Gasteiger partial charge in [0.2, 0.25) is 0 Å². The number of ether oxygens (including phenoxy) is 1. The normalized spacial score (nSPS) is 32.6. The molecular weight excluding hydrogens is 352 g/mol. The maximum absolute atomic E-state index is 10.7. The molecule has 1 rings (SSSR count). The smallest absolute Gasteiger partial charge is 0.372 e. The molecule has 5 atom stereocenters. The Morgan fingerprint density at radius 2 is 1.96 bits per heavy atom. The van der Waals surface area contributed by atoms with Crippen LogP contribution in [0.2, 0.25) is 0 Å². The van der Waals surface area contributed by atoms with Crippen molar-refractivity contribution in [2.24, 2.45) is 5.10 Å². The van der Waals surface area contributed by atoms with Crippen LogP contribution in [0.3, 0.4) is 0 Å². The minimum atomic E-state index is -4.54. The number of aliphatic hydroxyl groups excluding tert-OH is 4. The molecule has 0 radical (unpaired) electrons. The van der Waals surface area contributed by atoms with Gasteiger partial charge in [-0.1, -0.05) is 17.8 Å². The molecule has 0 aromatic rings. The summed E-state index contributed by atoms with van der Waals surface area (Å²) in [5, 5.41) is 42.1. The first-order valence-corrected chi connectivity index (χ1v) is 8.90. The van der Waals surface area contributed by atoms with Crippen LogP contribution in [0.4, 0.5) is 0 Å². The van der Waals surface area contributed by atoms with Gasteiger partial charge in [0.1, 0.15) is 29.9 Å². The number of thioether (sulfide) groups is 1. The van der Waals surface area contributed by atoms with Gasteiger partial charge in [0.15, 0.2) is 0 Å². The Kier molecular flexibility index (Phi) is 7.89. The van der Waals surface area contributed by atoms with Crippen molar-refractivity contribution in [2.75, 3.05) is 6.61 Å². The summed E-state index contributed by atoms with van der Waals surface area (Å²) in [5.41, 5.74) is -1.10. The predicted molar refractivity (Wildman–Crippen MR) is 82.9 cm³/mol. The Morgan fingerprint density at radius 1 is 1.30 bits per heavy atom. The van der Waals surface area contributed by atoms with E-state index in [-0.39, 0.29) is 11.5 Å². The molecule has 0 aromatic carbocycles. The molecule has 0 amide bonds. The summed E-state index contributed by atoms with van der Waals surface area (Å²) in [5.74, 6) is 0. The van der Waals surface area contributed by atoms with Crippen LogP contribution < -0.4 is 4.83 Å². The zero-order valence-corrected chi connectivity index (χ0v) is 13.7. The Labute approximate surface area is 137 Å². The number of allylic oxidation sites excluding steroid dienone is 1. The van der Waals surface area contributed by atoms with E-state index in [0.29, 0.717) is 6.42 Å². The molecule has 0 aromatic heterocycles. The molecule has 0 aliphatic carbocycles. The van der Waals surface area contributed by atoms with E-state index in [1.165, 1.54) is 0 Å². The molecular formula is C11H20N2O8S2. The number of hydrazone groups is 1. The number of aliphatic hydroxyl groups is 4. The fraction of sp³-hybridized carbons (Fsp3) is 0.727. The minimum absolute atomic E-state index is 0.145. The molecule has 1 fully saturated rings. The maximum atomic E-state index is 10.7. The molecule has 0 bridgehead atoms. The molecule has 1 saturated heterocycles. The fourth-order valence-corrected chi connectivity index (χ4v) is 3.16. The summed E-state index contributed by atoms with van der Waals surface area (Å²) >= 11 is 0.789. The van der Waals surface area contributed by atoms with E-state index < -0.39 is 46.8 Å². The highest BCUT2D eigenvalue weighted by molar-refractivity contribution is 8.14. The van der Waals surface area contributed by atoms with Gasteiger partial charge in [0, 0.05) is 6.42 Å². The zero-order chi connectivity index (χ0) is 17.6. The lowest BCUT2D eigenvalue weighted by molar-refractivity contribution is -0.205. The van der Waals surface area contributed by atoms with Crippen LogP contribution >= 0.6 is 11.8 Å². The lowest BCUT2D eigenvalue weighted by Crippen LogP contribution is -2.57. The van der Waals surface area contributed by atoms with Crippen molar-refractivity contribution < 1.29 is 38.1 Å². The molecule has 10 nitrogen and oxygen atoms in total. The number of hydrogen-bond acceptors (Lipinski definition) is 9. The lowest BCUT2D eigenvalue weighted by Gasteiger charge is -2.39. The fourth-order valence-electron chi connectivity index (χ4n) is 1.77. The molecule has 12 heteroatoms. The van der Waals surface area contributed by atoms with Crippen LogP contribution in [0.25, 0.3) is 0 Å². The van der Waals surface area contributed by atoms with Crippen molar-refractivity contribution in [1.29, 1.82) is 0 Å². The molecule has 23 heavy (non-hydrogen) atoms. The Bertz CT molecular complexity index is 524. The maximum Gasteiger partial charge on any atom is 0.372 e. The average molecular weight is 372 g/mol. The third-order valence-corrected chi connectivity index (χ3v) is 4.46. The highest BCUT2D eigenvalue weighted by Crippen LogP contribution is 2.30. The molecule has 5 unspecified atom stereocenters. The van der Waals surface area contributed by atoms with Gasteiger partial charge >= 0.3 is 10.3 Å². The van der Waals surface area contributed by atoms with E-state index in [9.17, 15) is 23.7 Å². The van der Waals surface area contributed by atoms with Gasteiger partial charge in [0.05, 0.1) is 11.7 Å². The second-order valence-electron chi connectivity index (χ2n) is 4.71. The van der Waals surface area contributed by atoms with Crippen LogP contribution in [-0.4, -0.2) is 74.9 Å². The SMILES string of the molecule is C=CCCC(=NNS(=O)(=O)O)SC1OC(CO)C(O)C(O)C1O. The predicted octanol–water partition coefficient (Wildman–Crippen LogP) is -1.81. The van der Waals surface area contributed by atoms with E-state index >= 15 is 0 Å². The molecule has 1 aliphatic heterocycles. The highest BCUT2D eigenvalue weighted by atomic mass is 32.2. The second kappa shape index (κ2) is 8.94. The second-order valence-corrected chi connectivity index (χ2v) is 7.02. The molecule has 6 N–H and O–H groups in total. The third kappa shape index (κ3) is 6.35. The van der Waals surface area contributed by atoms with Gasteiger partial charge in [-0.3, -0.25) is 4.55 Å². The van der Waals surface area contributed by atoms with Crippen molar-refractivity contribution >= 4 is 27.1 Å². The molecule has 0 spiro atoms. The van der Waals surface area contributed by atoms with E-state index in [4.69, 9.17) is 14.4 Å². The first kappa shape index (κ1) is 20.3. The molecule has 0 saturated carbocycles. The average Bonchev–Trinajstić information content (AvgIpc) is 2.49. The van der Waals surface area contributed by atoms with Crippen molar-refractivity contribution in [3.63, 3.8) is 0 Å². The summed E-state index contributed by atoms with van der Waals surface area (Å²) in [6.07, 6.45) is -3.40. The van der Waals surface area contributed by atoms with E-state index in [1.807, 2.05) is 0 Å². The number of nitrogens with one attached hydrogen (secondary N) is 1. The van der Waals surface area contributed by atoms with Crippen LogP contribution in [0.5, 0.6) is 0 Å². The number of nitrogens with zero attached hydrogens (tertiary/aromatic N) is 1. The number of hydrogen-bond donors (Lipinski definition) is 6. The van der Waals surface area contributed by atoms with Gasteiger partial charge < -0.3 is 25.2 Å². The summed E-state index contributed by atoms with van der Waals surface area (Å²) < 4.78 is 35.3. The van der Waals surface area contributed by atoms with E-state index in [0.717, 1.165) is 11.8 Å². The first-order valence-electron chi connectivity index (χ1n) is 6.58. The van der Waals surface area contributed by atoms with Crippen molar-refractivity contribution in [2.45, 2.75) is 42.7 Å². The van der Waals surface area contributed by atoms with E-state index in [1.54, 1.807) is 10.9 Å². The summed E-state index contributed by atoms with van der Waals surface area (Å²) in [6.45, 7) is 2.93. The number of rotatable bonds is 7. The van der Waals surface area contributed by atoms with Crippen molar-refractivity contribution in [1.82, 2.24) is 4.83 Å². The molecule has 1 aliphatic rings. The first-order chi connectivity index (χ1) is 10.7. The minimum Gasteiger partial charge on any atom is -0.394 e. The Balaban J connectivity index is 2.86. The van der Waals surface area contributed by atoms with E-state index in [2.05, 4.69) is 11.7 Å². The van der Waals surface area contributed by atoms with Crippen LogP contribution in [0.15, 0.2) is 17.8 Å². The molecule has 1 heterocycles. The third-order valence-electron chi connectivity index (χ3n) is 2.95. The topological polar surface area (TPSA) is 169 Å². The largest absolute Gasteiger partial charge is 0.394 e. The van der Waals surface area contributed by atoms with Gasteiger partial charge in [-0.15, -0.1) is 6.58 Å². The highest BCUT2D eigenvalue weighted by Gasteiger charge is 2.44. The van der Waals surface area contributed by atoms with Gasteiger partial charge in [-0.2, -0.15) is 18.4 Å². The Morgan fingerprint density at radius 3 is 2.48 bits per heavy atom. The van der Waals surface area contributed by atoms with Gasteiger partial charge in [-0.25, -0.2) is 0 Å². The Hall–Kier alpha value is -0.730. The lowest BCUT2D eigenvalue weighted by atomic mass is 10.0. The van der Waals surface area contributed by atoms with Crippen LogP contribution in [0, 0.1) is 0 Å². The van der Waals surface area contributed by atoms with Gasteiger partial charge in [0.25, 0.3) is 0 Å². The quantitative estimate of drug-likeness (QED) is 0.0991. The van der Waals surface area contributed by atoms with Crippen LogP contribution in [0.1, 0.15) is 12.8 Å². The summed E-state index contributed by atoms with van der Waals surface area (Å²) in [4.78, 5) is 1.54.